The van der Waals surface area contributed by atoms with E-state index in [1.54, 1.807) is 6.08 Å². The number of rotatable bonds is 64. The van der Waals surface area contributed by atoms with Crippen molar-refractivity contribution in [3.63, 3.8) is 0 Å². The van der Waals surface area contributed by atoms with E-state index in [1.807, 2.05) is 6.08 Å². The fraction of sp³-hybridized carbons (Fsp3) is 0.913. The number of aliphatic hydroxyl groups excluding tert-OH is 2. The molecule has 0 radical (unpaired) electrons. The molecule has 0 aromatic heterocycles. The maximum atomic E-state index is 12.4. The Morgan fingerprint density at radius 2 is 0.627 bits per heavy atom. The van der Waals surface area contributed by atoms with Crippen molar-refractivity contribution in [2.75, 3.05) is 13.2 Å². The van der Waals surface area contributed by atoms with Gasteiger partial charge in [0.15, 0.2) is 0 Å². The monoisotopic (exact) mass is 1060 g/mol. The van der Waals surface area contributed by atoms with Crippen LogP contribution >= 0.6 is 0 Å². The van der Waals surface area contributed by atoms with Gasteiger partial charge in [0.25, 0.3) is 0 Å². The lowest BCUT2D eigenvalue weighted by Gasteiger charge is -2.20. The van der Waals surface area contributed by atoms with Gasteiger partial charge in [0.1, 0.15) is 0 Å². The summed E-state index contributed by atoms with van der Waals surface area (Å²) in [5.74, 6) is -0.0444. The Kier molecular flexibility index (Phi) is 63.4. The van der Waals surface area contributed by atoms with Crippen molar-refractivity contribution in [3.05, 3.63) is 24.3 Å². The van der Waals surface area contributed by atoms with Crippen molar-refractivity contribution < 1.29 is 24.5 Å². The molecule has 3 N–H and O–H groups in total. The van der Waals surface area contributed by atoms with Gasteiger partial charge >= 0.3 is 5.97 Å². The van der Waals surface area contributed by atoms with Gasteiger partial charge in [-0.05, 0) is 57.8 Å². The van der Waals surface area contributed by atoms with Gasteiger partial charge < -0.3 is 20.3 Å². The van der Waals surface area contributed by atoms with Gasteiger partial charge in [-0.3, -0.25) is 9.59 Å². The van der Waals surface area contributed by atoms with Crippen LogP contribution in [0, 0.1) is 0 Å². The van der Waals surface area contributed by atoms with Crippen LogP contribution in [0.25, 0.3) is 0 Å². The van der Waals surface area contributed by atoms with E-state index in [0.29, 0.717) is 19.4 Å². The first-order valence-corrected chi connectivity index (χ1v) is 34.1. The van der Waals surface area contributed by atoms with E-state index in [9.17, 15) is 19.8 Å². The SMILES string of the molecule is CCCCCCCCCCC/C=C/C(O)C(CO)NC(=O)CCCCCCCCCCCCCCCCC/C=C\CCCCCCCCCCCCCCOC(=O)CCCCCCCCCCCCCCCCCC. The summed E-state index contributed by atoms with van der Waals surface area (Å²) in [6.07, 6.45) is 81.2. The molecule has 0 aromatic rings. The van der Waals surface area contributed by atoms with Gasteiger partial charge in [0.2, 0.25) is 5.91 Å². The topological polar surface area (TPSA) is 95.9 Å². The van der Waals surface area contributed by atoms with Crippen LogP contribution in [0.1, 0.15) is 380 Å². The van der Waals surface area contributed by atoms with Crippen LogP contribution in [0.2, 0.25) is 0 Å². The molecule has 0 spiro atoms. The molecule has 2 unspecified atom stereocenters. The number of unbranched alkanes of at least 4 members (excludes halogenated alkanes) is 51. The lowest BCUT2D eigenvalue weighted by atomic mass is 10.0. The lowest BCUT2D eigenvalue weighted by Crippen LogP contribution is -2.45. The second-order valence-corrected chi connectivity index (χ2v) is 23.5. The Labute approximate surface area is 469 Å². The first-order chi connectivity index (χ1) is 37.0. The highest BCUT2D eigenvalue weighted by atomic mass is 16.5. The molecule has 0 aliphatic rings. The molecule has 0 saturated carbocycles. The number of ether oxygens (including phenoxy) is 1. The maximum absolute atomic E-state index is 12.4. The molecule has 444 valence electrons. The molecule has 0 bridgehead atoms. The van der Waals surface area contributed by atoms with E-state index in [0.717, 1.165) is 38.5 Å². The van der Waals surface area contributed by atoms with Crippen LogP contribution in [0.5, 0.6) is 0 Å². The Morgan fingerprint density at radius 1 is 0.360 bits per heavy atom. The predicted octanol–water partition coefficient (Wildman–Crippen LogP) is 21.8. The first kappa shape index (κ1) is 73.3. The third-order valence-corrected chi connectivity index (χ3v) is 16.0. The summed E-state index contributed by atoms with van der Waals surface area (Å²) in [5.41, 5.74) is 0. The lowest BCUT2D eigenvalue weighted by molar-refractivity contribution is -0.143. The molecular weight excluding hydrogens is 923 g/mol. The Bertz CT molecular complexity index is 1170. The molecule has 1 amide bonds. The minimum atomic E-state index is -0.841. The van der Waals surface area contributed by atoms with Crippen LogP contribution in [0.15, 0.2) is 24.3 Å². The second kappa shape index (κ2) is 64.9. The summed E-state index contributed by atoms with van der Waals surface area (Å²) < 4.78 is 5.50. The molecule has 0 aliphatic heterocycles. The van der Waals surface area contributed by atoms with E-state index in [4.69, 9.17) is 4.74 Å². The van der Waals surface area contributed by atoms with E-state index in [2.05, 4.69) is 31.3 Å². The largest absolute Gasteiger partial charge is 0.466 e. The second-order valence-electron chi connectivity index (χ2n) is 23.5. The van der Waals surface area contributed by atoms with Crippen molar-refractivity contribution in [2.45, 2.75) is 392 Å². The zero-order valence-electron chi connectivity index (χ0n) is 50.8. The van der Waals surface area contributed by atoms with E-state index < -0.39 is 12.1 Å². The van der Waals surface area contributed by atoms with Crippen LogP contribution in [0.3, 0.4) is 0 Å². The summed E-state index contributed by atoms with van der Waals surface area (Å²) in [5, 5.41) is 23.0. The Morgan fingerprint density at radius 3 is 0.947 bits per heavy atom. The van der Waals surface area contributed by atoms with Crippen molar-refractivity contribution in [3.8, 4) is 0 Å². The number of nitrogens with one attached hydrogen (secondary N) is 1. The number of amides is 1. The van der Waals surface area contributed by atoms with Crippen LogP contribution in [-0.4, -0.2) is 47.4 Å². The number of carbonyl (C=O) groups is 2. The van der Waals surface area contributed by atoms with Gasteiger partial charge in [-0.15, -0.1) is 0 Å². The highest BCUT2D eigenvalue weighted by Crippen LogP contribution is 2.18. The fourth-order valence-electron chi connectivity index (χ4n) is 10.7. The third-order valence-electron chi connectivity index (χ3n) is 16.0. The van der Waals surface area contributed by atoms with Crippen LogP contribution in [0.4, 0.5) is 0 Å². The van der Waals surface area contributed by atoms with Crippen molar-refractivity contribution >= 4 is 11.9 Å². The van der Waals surface area contributed by atoms with Gasteiger partial charge in [0.05, 0.1) is 25.4 Å². The summed E-state index contributed by atoms with van der Waals surface area (Å²) in [6, 6.07) is -0.624. The zero-order valence-corrected chi connectivity index (χ0v) is 50.8. The average Bonchev–Trinajstić information content (AvgIpc) is 3.41. The molecular formula is C69H133NO5. The van der Waals surface area contributed by atoms with Gasteiger partial charge in [0, 0.05) is 12.8 Å². The summed E-state index contributed by atoms with van der Waals surface area (Å²) in [4.78, 5) is 24.5. The van der Waals surface area contributed by atoms with Crippen LogP contribution in [-0.2, 0) is 14.3 Å². The van der Waals surface area contributed by atoms with E-state index in [1.165, 1.54) is 315 Å². The first-order valence-electron chi connectivity index (χ1n) is 34.1. The minimum Gasteiger partial charge on any atom is -0.466 e. The van der Waals surface area contributed by atoms with Gasteiger partial charge in [-0.1, -0.05) is 334 Å². The van der Waals surface area contributed by atoms with E-state index in [-0.39, 0.29) is 18.5 Å². The zero-order chi connectivity index (χ0) is 54.3. The Balaban J connectivity index is 3.34. The quantitative estimate of drug-likeness (QED) is 0.0320. The molecule has 75 heavy (non-hydrogen) atoms. The number of hydrogen-bond donors (Lipinski definition) is 3. The standard InChI is InChI=1S/C69H133NO5/c1-3-5-7-9-11-13-15-16-17-36-39-43-47-51-55-59-63-69(74)75-64-60-56-52-48-44-40-37-34-32-30-28-26-24-22-20-18-19-21-23-25-27-29-31-33-35-38-42-46-50-54-58-62-68(73)70-66(65-71)67(72)61-57-53-49-45-41-14-12-10-8-6-4-2/h20,22,57,61,66-67,71-72H,3-19,21,23-56,58-60,62-65H2,1-2H3,(H,70,73)/b22-20-,61-57+. The smallest absolute Gasteiger partial charge is 0.305 e. The molecule has 0 rings (SSSR count). The van der Waals surface area contributed by atoms with E-state index >= 15 is 0 Å². The molecule has 0 fully saturated rings. The highest BCUT2D eigenvalue weighted by molar-refractivity contribution is 5.76. The molecule has 0 aromatic carbocycles. The van der Waals surface area contributed by atoms with Crippen molar-refractivity contribution in [2.24, 2.45) is 0 Å². The third kappa shape index (κ3) is 61.4. The Hall–Kier alpha value is -1.66. The van der Waals surface area contributed by atoms with Gasteiger partial charge in [-0.2, -0.15) is 0 Å². The molecule has 0 heterocycles. The normalized spacial score (nSPS) is 12.6. The summed E-state index contributed by atoms with van der Waals surface area (Å²) in [7, 11) is 0. The number of allylic oxidation sites excluding steroid dienone is 3. The minimum absolute atomic E-state index is 0.0213. The number of hydrogen-bond acceptors (Lipinski definition) is 5. The average molecular weight is 1060 g/mol. The van der Waals surface area contributed by atoms with Gasteiger partial charge in [-0.25, -0.2) is 0 Å². The molecule has 0 saturated heterocycles. The molecule has 2 atom stereocenters. The summed E-state index contributed by atoms with van der Waals surface area (Å²) >= 11 is 0. The highest BCUT2D eigenvalue weighted by Gasteiger charge is 2.18. The van der Waals surface area contributed by atoms with Crippen molar-refractivity contribution in [1.82, 2.24) is 5.32 Å². The predicted molar refractivity (Wildman–Crippen MR) is 329 cm³/mol. The van der Waals surface area contributed by atoms with Crippen LogP contribution < -0.4 is 5.32 Å². The molecule has 6 nitrogen and oxygen atoms in total. The molecule has 0 aliphatic carbocycles. The summed E-state index contributed by atoms with van der Waals surface area (Å²) in [6.45, 7) is 4.92. The molecule has 6 heteroatoms. The number of aliphatic hydroxyl groups is 2. The van der Waals surface area contributed by atoms with Crippen molar-refractivity contribution in [1.29, 1.82) is 0 Å². The number of carbonyl (C=O) groups excluding carboxylic acids is 2. The number of esters is 1. The maximum Gasteiger partial charge on any atom is 0.305 e. The fourth-order valence-corrected chi connectivity index (χ4v) is 10.7.